The van der Waals surface area contributed by atoms with Gasteiger partial charge in [-0.25, -0.2) is 0 Å². The monoisotopic (exact) mass is 220 g/mol. The summed E-state index contributed by atoms with van der Waals surface area (Å²) in [5.74, 6) is 0.315. The second-order valence-electron chi connectivity index (χ2n) is 5.81. The zero-order valence-corrected chi connectivity index (χ0v) is 10.4. The highest BCUT2D eigenvalue weighted by molar-refractivity contribution is 5.84. The SMILES string of the molecule is CC1(C)C(C(=O)NCc2cc[nH]c2)C1(C)C. The minimum Gasteiger partial charge on any atom is -0.367 e. The Hall–Kier alpha value is -1.25. The van der Waals surface area contributed by atoms with Crippen LogP contribution in [0.2, 0.25) is 0 Å². The lowest BCUT2D eigenvalue weighted by Crippen LogP contribution is -2.26. The number of hydrogen-bond donors (Lipinski definition) is 2. The van der Waals surface area contributed by atoms with Crippen molar-refractivity contribution in [3.8, 4) is 0 Å². The topological polar surface area (TPSA) is 44.9 Å². The summed E-state index contributed by atoms with van der Waals surface area (Å²) in [5.41, 5.74) is 1.36. The van der Waals surface area contributed by atoms with Crippen LogP contribution in [0.15, 0.2) is 18.5 Å². The molecule has 0 aliphatic heterocycles. The number of rotatable bonds is 3. The van der Waals surface area contributed by atoms with Gasteiger partial charge in [0.25, 0.3) is 0 Å². The summed E-state index contributed by atoms with van der Waals surface area (Å²) in [5, 5.41) is 3.00. The van der Waals surface area contributed by atoms with E-state index < -0.39 is 0 Å². The van der Waals surface area contributed by atoms with Crippen LogP contribution in [0.25, 0.3) is 0 Å². The van der Waals surface area contributed by atoms with Crippen molar-refractivity contribution in [1.82, 2.24) is 10.3 Å². The molecule has 0 spiro atoms. The van der Waals surface area contributed by atoms with Gasteiger partial charge in [-0.2, -0.15) is 0 Å². The molecule has 3 nitrogen and oxygen atoms in total. The van der Waals surface area contributed by atoms with Crippen molar-refractivity contribution in [2.75, 3.05) is 0 Å². The van der Waals surface area contributed by atoms with E-state index in [2.05, 4.69) is 38.0 Å². The van der Waals surface area contributed by atoms with E-state index in [1.807, 2.05) is 18.5 Å². The minimum absolute atomic E-state index is 0.120. The molecule has 1 saturated carbocycles. The van der Waals surface area contributed by atoms with Crippen molar-refractivity contribution in [2.24, 2.45) is 16.7 Å². The van der Waals surface area contributed by atoms with E-state index in [-0.39, 0.29) is 22.7 Å². The van der Waals surface area contributed by atoms with Gasteiger partial charge in [0.1, 0.15) is 0 Å². The van der Waals surface area contributed by atoms with E-state index in [4.69, 9.17) is 0 Å². The van der Waals surface area contributed by atoms with Gasteiger partial charge in [-0.15, -0.1) is 0 Å². The molecule has 3 heteroatoms. The first kappa shape index (κ1) is 11.2. The van der Waals surface area contributed by atoms with Crippen molar-refractivity contribution in [3.63, 3.8) is 0 Å². The van der Waals surface area contributed by atoms with E-state index in [0.29, 0.717) is 6.54 Å². The molecule has 1 amide bonds. The van der Waals surface area contributed by atoms with Crippen molar-refractivity contribution in [2.45, 2.75) is 34.2 Å². The van der Waals surface area contributed by atoms with E-state index in [0.717, 1.165) is 5.56 Å². The molecule has 0 saturated heterocycles. The zero-order valence-electron chi connectivity index (χ0n) is 10.4. The van der Waals surface area contributed by atoms with Crippen LogP contribution in [-0.4, -0.2) is 10.9 Å². The van der Waals surface area contributed by atoms with Crippen LogP contribution in [0.5, 0.6) is 0 Å². The Morgan fingerprint density at radius 3 is 2.44 bits per heavy atom. The van der Waals surface area contributed by atoms with Crippen LogP contribution in [-0.2, 0) is 11.3 Å². The molecular formula is C13H20N2O. The summed E-state index contributed by atoms with van der Waals surface area (Å²) in [6.45, 7) is 9.26. The molecule has 0 radical (unpaired) electrons. The molecule has 0 bridgehead atoms. The van der Waals surface area contributed by atoms with Gasteiger partial charge in [-0.05, 0) is 22.5 Å². The van der Waals surface area contributed by atoms with Crippen molar-refractivity contribution < 1.29 is 4.79 Å². The molecule has 1 aromatic rings. The van der Waals surface area contributed by atoms with E-state index in [1.54, 1.807) is 0 Å². The average molecular weight is 220 g/mol. The molecule has 0 atom stereocenters. The quantitative estimate of drug-likeness (QED) is 0.806. The Kier molecular flexibility index (Phi) is 2.37. The average Bonchev–Trinajstić information content (AvgIpc) is 2.61. The molecule has 1 fully saturated rings. The maximum Gasteiger partial charge on any atom is 0.224 e. The van der Waals surface area contributed by atoms with Gasteiger partial charge in [0.15, 0.2) is 0 Å². The third-order valence-corrected chi connectivity index (χ3v) is 4.41. The number of aromatic amines is 1. The van der Waals surface area contributed by atoms with Crippen molar-refractivity contribution in [1.29, 1.82) is 0 Å². The number of carbonyl (C=O) groups excluding carboxylic acids is 1. The first-order valence-corrected chi connectivity index (χ1v) is 5.77. The fourth-order valence-corrected chi connectivity index (χ4v) is 2.61. The minimum atomic E-state index is 0.120. The fourth-order valence-electron chi connectivity index (χ4n) is 2.61. The number of H-pyrrole nitrogens is 1. The van der Waals surface area contributed by atoms with Gasteiger partial charge in [-0.3, -0.25) is 4.79 Å². The van der Waals surface area contributed by atoms with Gasteiger partial charge >= 0.3 is 0 Å². The first-order valence-electron chi connectivity index (χ1n) is 5.77. The summed E-state index contributed by atoms with van der Waals surface area (Å²) < 4.78 is 0. The highest BCUT2D eigenvalue weighted by atomic mass is 16.2. The highest BCUT2D eigenvalue weighted by Gasteiger charge is 2.68. The summed E-state index contributed by atoms with van der Waals surface area (Å²) in [6.07, 6.45) is 3.77. The molecule has 1 aromatic heterocycles. The third kappa shape index (κ3) is 1.55. The number of aromatic nitrogens is 1. The lowest BCUT2D eigenvalue weighted by Gasteiger charge is -2.04. The predicted molar refractivity (Wildman–Crippen MR) is 63.7 cm³/mol. The van der Waals surface area contributed by atoms with Crippen LogP contribution < -0.4 is 5.32 Å². The number of nitrogens with one attached hydrogen (secondary N) is 2. The third-order valence-electron chi connectivity index (χ3n) is 4.41. The van der Waals surface area contributed by atoms with Crippen LogP contribution in [0.3, 0.4) is 0 Å². The maximum atomic E-state index is 12.0. The molecule has 0 unspecified atom stereocenters. The van der Waals surface area contributed by atoms with Gasteiger partial charge in [0.05, 0.1) is 0 Å². The van der Waals surface area contributed by atoms with Gasteiger partial charge < -0.3 is 10.3 Å². The lowest BCUT2D eigenvalue weighted by atomic mass is 10.0. The zero-order chi connectivity index (χ0) is 12.0. The van der Waals surface area contributed by atoms with Gasteiger partial charge in [0.2, 0.25) is 5.91 Å². The van der Waals surface area contributed by atoms with E-state index in [9.17, 15) is 4.79 Å². The Morgan fingerprint density at radius 1 is 1.38 bits per heavy atom. The van der Waals surface area contributed by atoms with Crippen molar-refractivity contribution >= 4 is 5.91 Å². The number of carbonyl (C=O) groups is 1. The van der Waals surface area contributed by atoms with Gasteiger partial charge in [0, 0.05) is 24.9 Å². The van der Waals surface area contributed by atoms with Crippen LogP contribution >= 0.6 is 0 Å². The standard InChI is InChI=1S/C13H20N2O/c1-12(2)10(13(12,3)4)11(16)15-8-9-5-6-14-7-9/h5-7,10,14H,8H2,1-4H3,(H,15,16). The Bertz CT molecular complexity index is 376. The highest BCUT2D eigenvalue weighted by Crippen LogP contribution is 2.68. The Labute approximate surface area is 96.6 Å². The van der Waals surface area contributed by atoms with Crippen LogP contribution in [0, 0.1) is 16.7 Å². The van der Waals surface area contributed by atoms with E-state index >= 15 is 0 Å². The molecule has 1 aliphatic rings. The molecule has 2 N–H and O–H groups in total. The van der Waals surface area contributed by atoms with Crippen molar-refractivity contribution in [3.05, 3.63) is 24.0 Å². The summed E-state index contributed by atoms with van der Waals surface area (Å²) in [7, 11) is 0. The molecule has 2 rings (SSSR count). The second kappa shape index (κ2) is 3.37. The van der Waals surface area contributed by atoms with Crippen LogP contribution in [0.1, 0.15) is 33.3 Å². The summed E-state index contributed by atoms with van der Waals surface area (Å²) in [4.78, 5) is 15.0. The number of hydrogen-bond acceptors (Lipinski definition) is 1. The normalized spacial score (nSPS) is 21.8. The maximum absolute atomic E-state index is 12.0. The molecule has 88 valence electrons. The molecule has 1 heterocycles. The Morgan fingerprint density at radius 2 is 2.00 bits per heavy atom. The first-order chi connectivity index (χ1) is 7.37. The fraction of sp³-hybridized carbons (Fsp3) is 0.615. The molecule has 16 heavy (non-hydrogen) atoms. The molecule has 0 aromatic carbocycles. The smallest absolute Gasteiger partial charge is 0.224 e. The number of amides is 1. The summed E-state index contributed by atoms with van der Waals surface area (Å²) in [6, 6.07) is 1.98. The molecule has 1 aliphatic carbocycles. The van der Waals surface area contributed by atoms with Gasteiger partial charge in [-0.1, -0.05) is 27.7 Å². The largest absolute Gasteiger partial charge is 0.367 e. The van der Waals surface area contributed by atoms with E-state index in [1.165, 1.54) is 0 Å². The predicted octanol–water partition coefficient (Wildman–Crippen LogP) is 2.31. The molecular weight excluding hydrogens is 200 g/mol. The van der Waals surface area contributed by atoms with Crippen LogP contribution in [0.4, 0.5) is 0 Å². The Balaban J connectivity index is 1.91. The second-order valence-corrected chi connectivity index (χ2v) is 5.81. The lowest BCUT2D eigenvalue weighted by molar-refractivity contribution is -0.123. The summed E-state index contributed by atoms with van der Waals surface area (Å²) >= 11 is 0.